The molecule has 0 spiro atoms. The molecule has 90 valence electrons. The first-order valence-electron chi connectivity index (χ1n) is 5.91. The van der Waals surface area contributed by atoms with Crippen molar-refractivity contribution in [1.82, 2.24) is 0 Å². The molecule has 2 N–H and O–H groups in total. The Labute approximate surface area is 97.3 Å². The summed E-state index contributed by atoms with van der Waals surface area (Å²) < 4.78 is 13.2. The van der Waals surface area contributed by atoms with E-state index in [0.717, 1.165) is 25.1 Å². The van der Waals surface area contributed by atoms with Crippen LogP contribution in [0.2, 0.25) is 0 Å². The van der Waals surface area contributed by atoms with E-state index in [1.165, 1.54) is 6.07 Å². The number of nitrogens with zero attached hydrogens (tertiary/aromatic N) is 1. The van der Waals surface area contributed by atoms with Crippen LogP contribution in [0.5, 0.6) is 0 Å². The summed E-state index contributed by atoms with van der Waals surface area (Å²) in [4.78, 5) is 2.22. The van der Waals surface area contributed by atoms with Crippen molar-refractivity contribution in [2.45, 2.75) is 32.7 Å². The highest BCUT2D eigenvalue weighted by Gasteiger charge is 2.12. The fraction of sp³-hybridized carbons (Fsp3) is 0.538. The molecule has 1 atom stereocenters. The lowest BCUT2D eigenvalue weighted by Gasteiger charge is -2.30. The summed E-state index contributed by atoms with van der Waals surface area (Å²) in [6.45, 7) is 5.85. The normalized spacial score (nSPS) is 12.5. The zero-order valence-corrected chi connectivity index (χ0v) is 10.1. The van der Waals surface area contributed by atoms with Crippen LogP contribution in [0.15, 0.2) is 24.3 Å². The van der Waals surface area contributed by atoms with Gasteiger partial charge in [0.25, 0.3) is 0 Å². The van der Waals surface area contributed by atoms with Gasteiger partial charge in [0.2, 0.25) is 0 Å². The standard InChI is InChI=1S/C13H21FN2/c1-3-11(2)16(9-5-8-15)13-7-4-6-12(14)10-13/h4,6-7,10-11H,3,5,8-9,15H2,1-2H3. The molecule has 0 amide bonds. The van der Waals surface area contributed by atoms with Crippen molar-refractivity contribution in [2.75, 3.05) is 18.0 Å². The number of hydrogen-bond donors (Lipinski definition) is 1. The van der Waals surface area contributed by atoms with Crippen LogP contribution < -0.4 is 10.6 Å². The Morgan fingerprint density at radius 2 is 2.19 bits per heavy atom. The molecule has 16 heavy (non-hydrogen) atoms. The van der Waals surface area contributed by atoms with E-state index in [2.05, 4.69) is 18.7 Å². The molecule has 1 rings (SSSR count). The lowest BCUT2D eigenvalue weighted by atomic mass is 10.1. The van der Waals surface area contributed by atoms with E-state index in [9.17, 15) is 4.39 Å². The molecular weight excluding hydrogens is 203 g/mol. The second kappa shape index (κ2) is 6.48. The Bertz CT molecular complexity index is 315. The molecule has 0 bridgehead atoms. The van der Waals surface area contributed by atoms with Crippen LogP contribution in [0, 0.1) is 5.82 Å². The summed E-state index contributed by atoms with van der Waals surface area (Å²) in [5.41, 5.74) is 6.47. The monoisotopic (exact) mass is 224 g/mol. The smallest absolute Gasteiger partial charge is 0.125 e. The van der Waals surface area contributed by atoms with Gasteiger partial charge in [-0.15, -0.1) is 0 Å². The van der Waals surface area contributed by atoms with Crippen LogP contribution in [-0.2, 0) is 0 Å². The largest absolute Gasteiger partial charge is 0.369 e. The van der Waals surface area contributed by atoms with Crippen LogP contribution >= 0.6 is 0 Å². The van der Waals surface area contributed by atoms with Gasteiger partial charge in [-0.3, -0.25) is 0 Å². The first kappa shape index (κ1) is 13.0. The number of hydrogen-bond acceptors (Lipinski definition) is 2. The fourth-order valence-electron chi connectivity index (χ4n) is 1.74. The third-order valence-electron chi connectivity index (χ3n) is 2.87. The van der Waals surface area contributed by atoms with Crippen LogP contribution in [-0.4, -0.2) is 19.1 Å². The van der Waals surface area contributed by atoms with Crippen molar-refractivity contribution in [3.63, 3.8) is 0 Å². The number of benzene rings is 1. The van der Waals surface area contributed by atoms with E-state index in [1.54, 1.807) is 12.1 Å². The summed E-state index contributed by atoms with van der Waals surface area (Å²) in [6, 6.07) is 7.17. The maximum absolute atomic E-state index is 13.2. The van der Waals surface area contributed by atoms with Crippen molar-refractivity contribution < 1.29 is 4.39 Å². The molecule has 0 radical (unpaired) electrons. The fourth-order valence-corrected chi connectivity index (χ4v) is 1.74. The molecular formula is C13H21FN2. The third kappa shape index (κ3) is 3.49. The van der Waals surface area contributed by atoms with Gasteiger partial charge in [0.05, 0.1) is 0 Å². The van der Waals surface area contributed by atoms with Gasteiger partial charge in [0.1, 0.15) is 5.82 Å². The average Bonchev–Trinajstić information content (AvgIpc) is 2.29. The Morgan fingerprint density at radius 3 is 2.75 bits per heavy atom. The molecule has 3 heteroatoms. The molecule has 0 aromatic heterocycles. The van der Waals surface area contributed by atoms with Crippen LogP contribution in [0.25, 0.3) is 0 Å². The third-order valence-corrected chi connectivity index (χ3v) is 2.87. The van der Waals surface area contributed by atoms with Crippen LogP contribution in [0.4, 0.5) is 10.1 Å². The molecule has 1 unspecified atom stereocenters. The van der Waals surface area contributed by atoms with E-state index < -0.39 is 0 Å². The Balaban J connectivity index is 2.82. The Hall–Kier alpha value is -1.09. The highest BCUT2D eigenvalue weighted by molar-refractivity contribution is 5.47. The highest BCUT2D eigenvalue weighted by Crippen LogP contribution is 2.19. The van der Waals surface area contributed by atoms with Gasteiger partial charge < -0.3 is 10.6 Å². The van der Waals surface area contributed by atoms with Crippen molar-refractivity contribution in [3.8, 4) is 0 Å². The van der Waals surface area contributed by atoms with E-state index in [1.807, 2.05) is 6.07 Å². The molecule has 0 aliphatic rings. The summed E-state index contributed by atoms with van der Waals surface area (Å²) in [5, 5.41) is 0. The van der Waals surface area contributed by atoms with Crippen molar-refractivity contribution in [1.29, 1.82) is 0 Å². The molecule has 0 saturated carbocycles. The SMILES string of the molecule is CCC(C)N(CCCN)c1cccc(F)c1. The zero-order chi connectivity index (χ0) is 12.0. The summed E-state index contributed by atoms with van der Waals surface area (Å²) in [5.74, 6) is -0.182. The second-order valence-electron chi connectivity index (χ2n) is 4.07. The van der Waals surface area contributed by atoms with Gasteiger partial charge in [0.15, 0.2) is 0 Å². The number of nitrogens with two attached hydrogens (primary N) is 1. The van der Waals surface area contributed by atoms with Crippen molar-refractivity contribution >= 4 is 5.69 Å². The first-order chi connectivity index (χ1) is 7.69. The lowest BCUT2D eigenvalue weighted by Crippen LogP contribution is -2.34. The van der Waals surface area contributed by atoms with Crippen molar-refractivity contribution in [2.24, 2.45) is 5.73 Å². The summed E-state index contributed by atoms with van der Waals surface area (Å²) >= 11 is 0. The first-order valence-corrected chi connectivity index (χ1v) is 5.91. The lowest BCUT2D eigenvalue weighted by molar-refractivity contribution is 0.594. The minimum atomic E-state index is -0.182. The highest BCUT2D eigenvalue weighted by atomic mass is 19.1. The molecule has 0 saturated heterocycles. The summed E-state index contributed by atoms with van der Waals surface area (Å²) in [7, 11) is 0. The average molecular weight is 224 g/mol. The molecule has 1 aromatic rings. The van der Waals surface area contributed by atoms with E-state index in [0.29, 0.717) is 12.6 Å². The topological polar surface area (TPSA) is 29.3 Å². The zero-order valence-electron chi connectivity index (χ0n) is 10.1. The minimum absolute atomic E-state index is 0.182. The van der Waals surface area contributed by atoms with Gasteiger partial charge in [-0.25, -0.2) is 4.39 Å². The van der Waals surface area contributed by atoms with E-state index >= 15 is 0 Å². The van der Waals surface area contributed by atoms with Gasteiger partial charge >= 0.3 is 0 Å². The van der Waals surface area contributed by atoms with Gasteiger partial charge in [-0.05, 0) is 44.5 Å². The maximum Gasteiger partial charge on any atom is 0.125 e. The molecule has 0 aliphatic carbocycles. The van der Waals surface area contributed by atoms with Crippen molar-refractivity contribution in [3.05, 3.63) is 30.1 Å². The number of anilines is 1. The summed E-state index contributed by atoms with van der Waals surface area (Å²) in [6.07, 6.45) is 1.97. The molecule has 0 aliphatic heterocycles. The second-order valence-corrected chi connectivity index (χ2v) is 4.07. The Kier molecular flexibility index (Phi) is 5.26. The van der Waals surface area contributed by atoms with Crippen LogP contribution in [0.3, 0.4) is 0 Å². The number of halogens is 1. The van der Waals surface area contributed by atoms with Gasteiger partial charge in [-0.2, -0.15) is 0 Å². The van der Waals surface area contributed by atoms with Gasteiger partial charge in [-0.1, -0.05) is 13.0 Å². The Morgan fingerprint density at radius 1 is 1.44 bits per heavy atom. The molecule has 1 aromatic carbocycles. The minimum Gasteiger partial charge on any atom is -0.369 e. The predicted molar refractivity (Wildman–Crippen MR) is 67.2 cm³/mol. The van der Waals surface area contributed by atoms with E-state index in [-0.39, 0.29) is 5.82 Å². The van der Waals surface area contributed by atoms with E-state index in [4.69, 9.17) is 5.73 Å². The predicted octanol–water partition coefficient (Wildman–Crippen LogP) is 2.78. The quantitative estimate of drug-likeness (QED) is 0.805. The number of rotatable bonds is 6. The molecule has 0 heterocycles. The maximum atomic E-state index is 13.2. The molecule has 0 fully saturated rings. The molecule has 2 nitrogen and oxygen atoms in total. The van der Waals surface area contributed by atoms with Gasteiger partial charge in [0, 0.05) is 18.3 Å². The van der Waals surface area contributed by atoms with Crippen LogP contribution in [0.1, 0.15) is 26.7 Å².